The molecular weight excluding hydrogens is 288 g/mol. The maximum absolute atomic E-state index is 12.4. The number of benzene rings is 1. The van der Waals surface area contributed by atoms with Crippen LogP contribution in [0, 0.1) is 0 Å². The van der Waals surface area contributed by atoms with E-state index in [1.165, 1.54) is 5.56 Å². The molecule has 0 aliphatic carbocycles. The van der Waals surface area contributed by atoms with E-state index >= 15 is 0 Å². The molecule has 0 aromatic heterocycles. The van der Waals surface area contributed by atoms with Crippen molar-refractivity contribution in [2.75, 3.05) is 26.7 Å². The second-order valence-corrected chi connectivity index (χ2v) is 5.52. The van der Waals surface area contributed by atoms with Crippen LogP contribution >= 0.6 is 12.4 Å². The highest BCUT2D eigenvalue weighted by Gasteiger charge is 2.24. The second kappa shape index (κ2) is 8.25. The van der Waals surface area contributed by atoms with Crippen molar-refractivity contribution in [3.05, 3.63) is 29.8 Å². The van der Waals surface area contributed by atoms with Crippen LogP contribution in [0.15, 0.2) is 24.3 Å². The number of ether oxygens (including phenoxy) is 1. The van der Waals surface area contributed by atoms with Gasteiger partial charge in [0.25, 0.3) is 0 Å². The van der Waals surface area contributed by atoms with Crippen molar-refractivity contribution in [2.24, 2.45) is 0 Å². The largest absolute Gasteiger partial charge is 0.497 e. The van der Waals surface area contributed by atoms with Crippen molar-refractivity contribution in [3.8, 4) is 5.75 Å². The molecule has 1 fully saturated rings. The summed E-state index contributed by atoms with van der Waals surface area (Å²) in [7, 11) is 1.66. The number of methoxy groups -OCH3 is 1. The van der Waals surface area contributed by atoms with Gasteiger partial charge >= 0.3 is 0 Å². The Bertz CT molecular complexity index is 450. The summed E-state index contributed by atoms with van der Waals surface area (Å²) in [4.78, 5) is 14.4. The van der Waals surface area contributed by atoms with Crippen LogP contribution in [-0.4, -0.2) is 43.6 Å². The lowest BCUT2D eigenvalue weighted by Crippen LogP contribution is -2.52. The number of hydrogen-bond acceptors (Lipinski definition) is 3. The Hall–Kier alpha value is -1.26. The molecule has 1 aromatic carbocycles. The van der Waals surface area contributed by atoms with Crippen LogP contribution in [0.4, 0.5) is 0 Å². The molecule has 0 radical (unpaired) electrons. The van der Waals surface area contributed by atoms with E-state index in [0.29, 0.717) is 12.5 Å². The summed E-state index contributed by atoms with van der Waals surface area (Å²) >= 11 is 0. The number of rotatable bonds is 4. The zero-order valence-corrected chi connectivity index (χ0v) is 13.8. The van der Waals surface area contributed by atoms with Crippen LogP contribution in [0.1, 0.15) is 31.7 Å². The van der Waals surface area contributed by atoms with E-state index in [0.717, 1.165) is 25.4 Å². The number of hydrogen-bond donors (Lipinski definition) is 1. The highest BCUT2D eigenvalue weighted by atomic mass is 35.5. The number of carbonyl (C=O) groups excluding carboxylic acids is 1. The molecule has 1 aliphatic heterocycles. The molecular formula is C16H25ClN2O2. The number of nitrogens with one attached hydrogen (secondary N) is 1. The van der Waals surface area contributed by atoms with Crippen LogP contribution in [0.2, 0.25) is 0 Å². The molecule has 1 aliphatic rings. The zero-order valence-electron chi connectivity index (χ0n) is 13.0. The van der Waals surface area contributed by atoms with Crippen molar-refractivity contribution in [1.82, 2.24) is 10.2 Å². The van der Waals surface area contributed by atoms with Crippen molar-refractivity contribution in [3.63, 3.8) is 0 Å². The Morgan fingerprint density at radius 1 is 1.43 bits per heavy atom. The molecule has 5 heteroatoms. The molecule has 0 spiro atoms. The number of piperazine rings is 1. The smallest absolute Gasteiger partial charge is 0.223 e. The first-order valence-electron chi connectivity index (χ1n) is 7.26. The topological polar surface area (TPSA) is 41.6 Å². The lowest BCUT2D eigenvalue weighted by Gasteiger charge is -2.34. The third-order valence-electron chi connectivity index (χ3n) is 3.99. The second-order valence-electron chi connectivity index (χ2n) is 5.52. The summed E-state index contributed by atoms with van der Waals surface area (Å²) in [6.07, 6.45) is 0.566. The maximum atomic E-state index is 12.4. The lowest BCUT2D eigenvalue weighted by atomic mass is 9.96. The van der Waals surface area contributed by atoms with Gasteiger partial charge in [0.2, 0.25) is 5.91 Å². The van der Waals surface area contributed by atoms with Gasteiger partial charge in [-0.1, -0.05) is 19.1 Å². The van der Waals surface area contributed by atoms with Crippen LogP contribution in [-0.2, 0) is 4.79 Å². The predicted molar refractivity (Wildman–Crippen MR) is 87.3 cm³/mol. The molecule has 4 nitrogen and oxygen atoms in total. The summed E-state index contributed by atoms with van der Waals surface area (Å²) in [6, 6.07) is 8.27. The number of nitrogens with zero attached hydrogens (tertiary/aromatic N) is 1. The Labute approximate surface area is 133 Å². The summed E-state index contributed by atoms with van der Waals surface area (Å²) in [6.45, 7) is 6.81. The molecule has 1 heterocycles. The molecule has 2 atom stereocenters. The minimum atomic E-state index is 0. The van der Waals surface area contributed by atoms with Gasteiger partial charge in [0.05, 0.1) is 7.11 Å². The molecule has 1 N–H and O–H groups in total. The minimum Gasteiger partial charge on any atom is -0.497 e. The van der Waals surface area contributed by atoms with E-state index in [-0.39, 0.29) is 24.2 Å². The lowest BCUT2D eigenvalue weighted by molar-refractivity contribution is -0.134. The summed E-state index contributed by atoms with van der Waals surface area (Å²) in [5, 5.41) is 3.31. The molecule has 21 heavy (non-hydrogen) atoms. The van der Waals surface area contributed by atoms with E-state index in [4.69, 9.17) is 4.74 Å². The molecule has 0 saturated carbocycles. The fourth-order valence-corrected chi connectivity index (χ4v) is 2.64. The Morgan fingerprint density at radius 3 is 2.67 bits per heavy atom. The molecule has 118 valence electrons. The van der Waals surface area contributed by atoms with Gasteiger partial charge in [-0.05, 0) is 30.5 Å². The standard InChI is InChI=1S/C16H24N2O2.ClH/c1-12(14-4-6-15(20-3)7-5-14)10-16(19)18-9-8-17-11-13(18)2;/h4-7,12-13,17H,8-11H2,1-3H3;1H/t12?,13-;/m0./s1. The summed E-state index contributed by atoms with van der Waals surface area (Å²) in [5.41, 5.74) is 1.18. The van der Waals surface area contributed by atoms with Gasteiger partial charge in [-0.25, -0.2) is 0 Å². The van der Waals surface area contributed by atoms with Crippen LogP contribution in [0.5, 0.6) is 5.75 Å². The highest BCUT2D eigenvalue weighted by Crippen LogP contribution is 2.23. The monoisotopic (exact) mass is 312 g/mol. The normalized spacial score (nSPS) is 19.6. The Balaban J connectivity index is 0.00000220. The van der Waals surface area contributed by atoms with E-state index < -0.39 is 0 Å². The average molecular weight is 313 g/mol. The maximum Gasteiger partial charge on any atom is 0.223 e. The minimum absolute atomic E-state index is 0. The van der Waals surface area contributed by atoms with Gasteiger partial charge in [0.1, 0.15) is 5.75 Å². The fraction of sp³-hybridized carbons (Fsp3) is 0.562. The molecule has 1 aromatic rings. The average Bonchev–Trinajstić information content (AvgIpc) is 2.47. The van der Waals surface area contributed by atoms with Crippen molar-refractivity contribution in [1.29, 1.82) is 0 Å². The van der Waals surface area contributed by atoms with E-state index in [1.807, 2.05) is 29.2 Å². The number of carbonyl (C=O) groups is 1. The van der Waals surface area contributed by atoms with Crippen LogP contribution < -0.4 is 10.1 Å². The third kappa shape index (κ3) is 4.61. The summed E-state index contributed by atoms with van der Waals surface area (Å²) < 4.78 is 5.16. The molecule has 0 bridgehead atoms. The molecule has 1 saturated heterocycles. The number of amides is 1. The Morgan fingerprint density at radius 2 is 2.10 bits per heavy atom. The van der Waals surface area contributed by atoms with Crippen LogP contribution in [0.3, 0.4) is 0 Å². The fourth-order valence-electron chi connectivity index (χ4n) is 2.64. The predicted octanol–water partition coefficient (Wildman–Crippen LogP) is 2.43. The quantitative estimate of drug-likeness (QED) is 0.928. The first-order valence-corrected chi connectivity index (χ1v) is 7.26. The molecule has 1 amide bonds. The summed E-state index contributed by atoms with van der Waals surface area (Å²) in [5.74, 6) is 1.33. The number of halogens is 1. The van der Waals surface area contributed by atoms with Gasteiger partial charge < -0.3 is 15.0 Å². The van der Waals surface area contributed by atoms with Crippen molar-refractivity contribution in [2.45, 2.75) is 32.2 Å². The van der Waals surface area contributed by atoms with Gasteiger partial charge in [-0.2, -0.15) is 0 Å². The molecule has 2 rings (SSSR count). The van der Waals surface area contributed by atoms with Crippen molar-refractivity contribution < 1.29 is 9.53 Å². The van der Waals surface area contributed by atoms with Crippen LogP contribution in [0.25, 0.3) is 0 Å². The van der Waals surface area contributed by atoms with E-state index in [1.54, 1.807) is 7.11 Å². The Kier molecular flexibility index (Phi) is 6.99. The first kappa shape index (κ1) is 17.8. The van der Waals surface area contributed by atoms with Gasteiger partial charge in [-0.15, -0.1) is 12.4 Å². The first-order chi connectivity index (χ1) is 9.61. The highest BCUT2D eigenvalue weighted by molar-refractivity contribution is 5.85. The molecule has 1 unspecified atom stereocenters. The van der Waals surface area contributed by atoms with Crippen molar-refractivity contribution >= 4 is 18.3 Å². The SMILES string of the molecule is COc1ccc(C(C)CC(=O)N2CCNC[C@@H]2C)cc1.Cl. The van der Waals surface area contributed by atoms with E-state index in [9.17, 15) is 4.79 Å². The third-order valence-corrected chi connectivity index (χ3v) is 3.99. The van der Waals surface area contributed by atoms with Gasteiger partial charge in [0.15, 0.2) is 0 Å². The van der Waals surface area contributed by atoms with Gasteiger partial charge in [-0.3, -0.25) is 4.79 Å². The zero-order chi connectivity index (χ0) is 14.5. The van der Waals surface area contributed by atoms with E-state index in [2.05, 4.69) is 19.2 Å². The van der Waals surface area contributed by atoms with Gasteiger partial charge in [0, 0.05) is 32.1 Å².